The number of hydrogen-bond donors (Lipinski definition) is 1. The van der Waals surface area contributed by atoms with Gasteiger partial charge in [0.15, 0.2) is 0 Å². The molecule has 1 aliphatic heterocycles. The van der Waals surface area contributed by atoms with Crippen LogP contribution in [0.1, 0.15) is 41.0 Å². The molecule has 1 saturated heterocycles. The SMILES string of the molecule is CCN1C(=O)CC(NC(C)C(C)(C)C)C1=O. The van der Waals surface area contributed by atoms with Crippen LogP contribution in [0.2, 0.25) is 0 Å². The van der Waals surface area contributed by atoms with E-state index in [1.807, 2.05) is 13.8 Å². The molecule has 0 radical (unpaired) electrons. The van der Waals surface area contributed by atoms with Crippen molar-refractivity contribution in [1.29, 1.82) is 0 Å². The van der Waals surface area contributed by atoms with E-state index < -0.39 is 0 Å². The van der Waals surface area contributed by atoms with Crippen molar-refractivity contribution in [3.63, 3.8) is 0 Å². The van der Waals surface area contributed by atoms with Gasteiger partial charge in [0.2, 0.25) is 11.8 Å². The number of likely N-dealkylation sites (tertiary alicyclic amines) is 1. The van der Waals surface area contributed by atoms with Crippen LogP contribution in [-0.2, 0) is 9.59 Å². The summed E-state index contributed by atoms with van der Waals surface area (Å²) in [6.45, 7) is 10.7. The Bertz CT molecular complexity index is 294. The standard InChI is InChI=1S/C12H22N2O2/c1-6-14-10(15)7-9(11(14)16)13-8(2)12(3,4)5/h8-9,13H,6-7H2,1-5H3. The molecule has 1 aliphatic rings. The maximum Gasteiger partial charge on any atom is 0.246 e. The summed E-state index contributed by atoms with van der Waals surface area (Å²) in [6.07, 6.45) is 0.299. The molecule has 0 spiro atoms. The normalized spacial score (nSPS) is 24.1. The predicted molar refractivity (Wildman–Crippen MR) is 62.9 cm³/mol. The largest absolute Gasteiger partial charge is 0.302 e. The third kappa shape index (κ3) is 2.61. The first-order chi connectivity index (χ1) is 7.27. The van der Waals surface area contributed by atoms with Gasteiger partial charge in [0, 0.05) is 12.6 Å². The van der Waals surface area contributed by atoms with Gasteiger partial charge in [0.1, 0.15) is 0 Å². The van der Waals surface area contributed by atoms with Crippen molar-refractivity contribution in [3.8, 4) is 0 Å². The highest BCUT2D eigenvalue weighted by atomic mass is 16.2. The fourth-order valence-electron chi connectivity index (χ4n) is 1.70. The zero-order valence-corrected chi connectivity index (χ0v) is 10.8. The zero-order valence-electron chi connectivity index (χ0n) is 10.8. The van der Waals surface area contributed by atoms with Gasteiger partial charge >= 0.3 is 0 Å². The van der Waals surface area contributed by atoms with E-state index in [4.69, 9.17) is 0 Å². The minimum absolute atomic E-state index is 0.0638. The van der Waals surface area contributed by atoms with Gasteiger partial charge in [-0.25, -0.2) is 0 Å². The second kappa shape index (κ2) is 4.53. The lowest BCUT2D eigenvalue weighted by molar-refractivity contribution is -0.138. The molecule has 2 unspecified atom stereocenters. The molecule has 92 valence electrons. The number of imide groups is 1. The molecule has 2 amide bonds. The molecule has 1 fully saturated rings. The minimum atomic E-state index is -0.332. The van der Waals surface area contributed by atoms with E-state index in [1.54, 1.807) is 0 Å². The van der Waals surface area contributed by atoms with Gasteiger partial charge < -0.3 is 5.32 Å². The maximum absolute atomic E-state index is 11.9. The van der Waals surface area contributed by atoms with Crippen molar-refractivity contribution in [1.82, 2.24) is 10.2 Å². The van der Waals surface area contributed by atoms with Crippen LogP contribution in [-0.4, -0.2) is 35.3 Å². The summed E-state index contributed by atoms with van der Waals surface area (Å²) in [7, 11) is 0. The number of nitrogens with one attached hydrogen (secondary N) is 1. The Morgan fingerprint density at radius 2 is 2.00 bits per heavy atom. The Balaban J connectivity index is 2.64. The Hall–Kier alpha value is -0.900. The summed E-state index contributed by atoms with van der Waals surface area (Å²) in [4.78, 5) is 24.7. The van der Waals surface area contributed by atoms with Crippen LogP contribution in [0.25, 0.3) is 0 Å². The zero-order chi connectivity index (χ0) is 12.5. The highest BCUT2D eigenvalue weighted by Crippen LogP contribution is 2.21. The number of hydrogen-bond acceptors (Lipinski definition) is 3. The number of nitrogens with zero attached hydrogens (tertiary/aromatic N) is 1. The Labute approximate surface area is 97.4 Å². The lowest BCUT2D eigenvalue weighted by atomic mass is 9.87. The van der Waals surface area contributed by atoms with Crippen molar-refractivity contribution in [2.75, 3.05) is 6.54 Å². The Morgan fingerprint density at radius 1 is 1.44 bits per heavy atom. The van der Waals surface area contributed by atoms with Crippen LogP contribution in [0.5, 0.6) is 0 Å². The Kier molecular flexibility index (Phi) is 3.73. The van der Waals surface area contributed by atoms with Gasteiger partial charge in [-0.3, -0.25) is 14.5 Å². The first-order valence-corrected chi connectivity index (χ1v) is 5.87. The minimum Gasteiger partial charge on any atom is -0.302 e. The van der Waals surface area contributed by atoms with E-state index in [0.29, 0.717) is 13.0 Å². The summed E-state index contributed by atoms with van der Waals surface area (Å²) >= 11 is 0. The molecule has 1 heterocycles. The van der Waals surface area contributed by atoms with Gasteiger partial charge in [0.25, 0.3) is 0 Å². The summed E-state index contributed by atoms with van der Waals surface area (Å²) in [6, 6.07) is -0.132. The fourth-order valence-corrected chi connectivity index (χ4v) is 1.70. The number of carbonyl (C=O) groups excluding carboxylic acids is 2. The fraction of sp³-hybridized carbons (Fsp3) is 0.833. The van der Waals surface area contributed by atoms with Crippen molar-refractivity contribution < 1.29 is 9.59 Å². The third-order valence-electron chi connectivity index (χ3n) is 3.31. The number of carbonyl (C=O) groups is 2. The molecule has 0 aliphatic carbocycles. The van der Waals surface area contributed by atoms with Gasteiger partial charge in [-0.15, -0.1) is 0 Å². The average Bonchev–Trinajstić information content (AvgIpc) is 2.40. The van der Waals surface area contributed by atoms with E-state index in [2.05, 4.69) is 26.1 Å². The lowest BCUT2D eigenvalue weighted by Crippen LogP contribution is -2.47. The van der Waals surface area contributed by atoms with E-state index in [0.717, 1.165) is 0 Å². The first-order valence-electron chi connectivity index (χ1n) is 5.87. The van der Waals surface area contributed by atoms with Crippen molar-refractivity contribution >= 4 is 11.8 Å². The lowest BCUT2D eigenvalue weighted by Gasteiger charge is -2.30. The van der Waals surface area contributed by atoms with Gasteiger partial charge in [-0.05, 0) is 19.3 Å². The van der Waals surface area contributed by atoms with Gasteiger partial charge in [-0.2, -0.15) is 0 Å². The molecule has 1 rings (SSSR count). The molecule has 0 aromatic carbocycles. The maximum atomic E-state index is 11.9. The second-order valence-corrected chi connectivity index (χ2v) is 5.49. The molecule has 2 atom stereocenters. The monoisotopic (exact) mass is 226 g/mol. The number of amides is 2. The van der Waals surface area contributed by atoms with E-state index >= 15 is 0 Å². The molecular weight excluding hydrogens is 204 g/mol. The van der Waals surface area contributed by atoms with Crippen LogP contribution < -0.4 is 5.32 Å². The molecule has 16 heavy (non-hydrogen) atoms. The quantitative estimate of drug-likeness (QED) is 0.735. The van der Waals surface area contributed by atoms with Crippen molar-refractivity contribution in [2.45, 2.75) is 53.1 Å². The molecule has 0 aromatic rings. The number of rotatable bonds is 3. The third-order valence-corrected chi connectivity index (χ3v) is 3.31. The summed E-state index contributed by atoms with van der Waals surface area (Å²) in [5.41, 5.74) is 0.0863. The van der Waals surface area contributed by atoms with E-state index in [-0.39, 0.29) is 29.3 Å². The Morgan fingerprint density at radius 3 is 2.38 bits per heavy atom. The predicted octanol–water partition coefficient (Wildman–Crippen LogP) is 1.16. The molecular formula is C12H22N2O2. The molecule has 1 N–H and O–H groups in total. The molecule has 0 bridgehead atoms. The highest BCUT2D eigenvalue weighted by Gasteiger charge is 2.39. The van der Waals surface area contributed by atoms with Crippen LogP contribution in [0.3, 0.4) is 0 Å². The van der Waals surface area contributed by atoms with Crippen LogP contribution in [0.15, 0.2) is 0 Å². The highest BCUT2D eigenvalue weighted by molar-refractivity contribution is 6.05. The number of likely N-dealkylation sites (N-methyl/N-ethyl adjacent to an activating group) is 1. The van der Waals surface area contributed by atoms with Crippen LogP contribution >= 0.6 is 0 Å². The topological polar surface area (TPSA) is 49.4 Å². The van der Waals surface area contributed by atoms with E-state index in [9.17, 15) is 9.59 Å². The van der Waals surface area contributed by atoms with Gasteiger partial charge in [0.05, 0.1) is 12.5 Å². The van der Waals surface area contributed by atoms with E-state index in [1.165, 1.54) is 4.90 Å². The molecule has 4 nitrogen and oxygen atoms in total. The average molecular weight is 226 g/mol. The smallest absolute Gasteiger partial charge is 0.246 e. The summed E-state index contributed by atoms with van der Waals surface area (Å²) in [5.74, 6) is -0.144. The van der Waals surface area contributed by atoms with Gasteiger partial charge in [-0.1, -0.05) is 20.8 Å². The van der Waals surface area contributed by atoms with Crippen LogP contribution in [0.4, 0.5) is 0 Å². The molecule has 4 heteroatoms. The second-order valence-electron chi connectivity index (χ2n) is 5.49. The van der Waals surface area contributed by atoms with Crippen molar-refractivity contribution in [3.05, 3.63) is 0 Å². The first kappa shape index (κ1) is 13.2. The van der Waals surface area contributed by atoms with Crippen LogP contribution in [0, 0.1) is 5.41 Å². The summed E-state index contributed by atoms with van der Waals surface area (Å²) < 4.78 is 0. The molecule has 0 aromatic heterocycles. The molecule has 0 saturated carbocycles. The van der Waals surface area contributed by atoms with Crippen molar-refractivity contribution in [2.24, 2.45) is 5.41 Å². The summed E-state index contributed by atoms with van der Waals surface area (Å²) in [5, 5.41) is 3.25.